The standard InChI is InChI=1S/C15H15NO5S/c1-2-22-12(17)8-7-11(15(20)21)16-13(18)9-5-3-4-6-10(9)14(16)19/h3-6,11H,2,7-8H2,1H3,(H,20,21). The number of nitrogens with zero attached hydrogens (tertiary/aromatic N) is 1. The molecule has 1 aliphatic rings. The maximum absolute atomic E-state index is 12.3. The van der Waals surface area contributed by atoms with Crippen LogP contribution in [0.5, 0.6) is 0 Å². The Morgan fingerprint density at radius 3 is 2.18 bits per heavy atom. The van der Waals surface area contributed by atoms with Crippen LogP contribution in [0.2, 0.25) is 0 Å². The molecule has 116 valence electrons. The second kappa shape index (κ2) is 6.74. The van der Waals surface area contributed by atoms with E-state index in [0.717, 1.165) is 16.7 Å². The topological polar surface area (TPSA) is 91.8 Å². The molecule has 0 radical (unpaired) electrons. The third-order valence-electron chi connectivity index (χ3n) is 3.35. The van der Waals surface area contributed by atoms with Crippen LogP contribution < -0.4 is 0 Å². The number of amides is 2. The number of imide groups is 1. The molecule has 0 aliphatic carbocycles. The van der Waals surface area contributed by atoms with Crippen molar-refractivity contribution in [3.05, 3.63) is 35.4 Å². The van der Waals surface area contributed by atoms with Crippen LogP contribution >= 0.6 is 11.8 Å². The summed E-state index contributed by atoms with van der Waals surface area (Å²) in [5, 5.41) is 9.18. The molecule has 0 fully saturated rings. The van der Waals surface area contributed by atoms with E-state index in [1.807, 2.05) is 6.92 Å². The number of carboxylic acids is 1. The molecular formula is C15H15NO5S. The van der Waals surface area contributed by atoms with E-state index in [9.17, 15) is 24.3 Å². The first kappa shape index (κ1) is 16.2. The third kappa shape index (κ3) is 3.04. The van der Waals surface area contributed by atoms with Crippen molar-refractivity contribution in [1.29, 1.82) is 0 Å². The van der Waals surface area contributed by atoms with Gasteiger partial charge in [-0.1, -0.05) is 30.8 Å². The fraction of sp³-hybridized carbons (Fsp3) is 0.333. The molecule has 1 aromatic carbocycles. The van der Waals surface area contributed by atoms with Gasteiger partial charge in [-0.15, -0.1) is 0 Å². The van der Waals surface area contributed by atoms with E-state index >= 15 is 0 Å². The number of rotatable bonds is 6. The number of hydrogen-bond donors (Lipinski definition) is 1. The van der Waals surface area contributed by atoms with Crippen molar-refractivity contribution in [3.63, 3.8) is 0 Å². The lowest BCUT2D eigenvalue weighted by atomic mass is 10.1. The molecule has 7 heteroatoms. The van der Waals surface area contributed by atoms with Crippen LogP contribution in [-0.4, -0.2) is 44.7 Å². The van der Waals surface area contributed by atoms with Crippen LogP contribution in [-0.2, 0) is 9.59 Å². The Kier molecular flexibility index (Phi) is 4.97. The van der Waals surface area contributed by atoms with Crippen LogP contribution in [0, 0.1) is 0 Å². The number of carbonyl (C=O) groups is 4. The molecule has 1 aromatic rings. The second-order valence-electron chi connectivity index (χ2n) is 4.72. The SMILES string of the molecule is CCSC(=O)CCC(C(=O)O)N1C(=O)c2ccccc2C1=O. The van der Waals surface area contributed by atoms with E-state index < -0.39 is 23.8 Å². The average Bonchev–Trinajstić information content (AvgIpc) is 2.73. The molecule has 1 N–H and O–H groups in total. The Balaban J connectivity index is 2.20. The van der Waals surface area contributed by atoms with Crippen molar-refractivity contribution >= 4 is 34.7 Å². The predicted octanol–water partition coefficient (Wildman–Crippen LogP) is 1.80. The smallest absolute Gasteiger partial charge is 0.326 e. The minimum absolute atomic E-state index is 0.00286. The highest BCUT2D eigenvalue weighted by atomic mass is 32.2. The minimum atomic E-state index is -1.33. The van der Waals surface area contributed by atoms with E-state index in [1.165, 1.54) is 12.1 Å². The summed E-state index contributed by atoms with van der Waals surface area (Å²) in [6.07, 6.45) is -0.0739. The largest absolute Gasteiger partial charge is 0.480 e. The summed E-state index contributed by atoms with van der Waals surface area (Å²) in [7, 11) is 0. The fourth-order valence-corrected chi connectivity index (χ4v) is 2.93. The normalized spacial score (nSPS) is 14.9. The molecular weight excluding hydrogens is 306 g/mol. The van der Waals surface area contributed by atoms with Crippen molar-refractivity contribution in [2.75, 3.05) is 5.75 Å². The summed E-state index contributed by atoms with van der Waals surface area (Å²) >= 11 is 1.10. The Morgan fingerprint density at radius 1 is 1.18 bits per heavy atom. The van der Waals surface area contributed by atoms with Gasteiger partial charge in [-0.25, -0.2) is 4.79 Å². The highest BCUT2D eigenvalue weighted by Gasteiger charge is 2.42. The van der Waals surface area contributed by atoms with Gasteiger partial charge in [0.1, 0.15) is 6.04 Å². The first-order valence-corrected chi connectivity index (χ1v) is 7.81. The number of hydrogen-bond acceptors (Lipinski definition) is 5. The third-order valence-corrected chi connectivity index (χ3v) is 4.16. The van der Waals surface area contributed by atoms with Crippen LogP contribution in [0.1, 0.15) is 40.5 Å². The molecule has 2 rings (SSSR count). The van der Waals surface area contributed by atoms with Crippen molar-refractivity contribution in [1.82, 2.24) is 4.90 Å². The lowest BCUT2D eigenvalue weighted by Gasteiger charge is -2.22. The van der Waals surface area contributed by atoms with Crippen LogP contribution in [0.15, 0.2) is 24.3 Å². The molecule has 22 heavy (non-hydrogen) atoms. The first-order chi connectivity index (χ1) is 10.5. The molecule has 6 nitrogen and oxygen atoms in total. The van der Waals surface area contributed by atoms with Crippen LogP contribution in [0.4, 0.5) is 0 Å². The summed E-state index contributed by atoms with van der Waals surface area (Å²) in [6.45, 7) is 1.82. The average molecular weight is 321 g/mol. The van der Waals surface area contributed by atoms with Crippen LogP contribution in [0.25, 0.3) is 0 Å². The van der Waals surface area contributed by atoms with E-state index in [0.29, 0.717) is 5.75 Å². The molecule has 0 saturated carbocycles. The Hall–Kier alpha value is -2.15. The molecule has 1 atom stereocenters. The lowest BCUT2D eigenvalue weighted by molar-refractivity contribution is -0.141. The van der Waals surface area contributed by atoms with Gasteiger partial charge < -0.3 is 5.11 Å². The number of thioether (sulfide) groups is 1. The van der Waals surface area contributed by atoms with Gasteiger partial charge in [0.05, 0.1) is 11.1 Å². The number of benzene rings is 1. The highest BCUT2D eigenvalue weighted by Crippen LogP contribution is 2.26. The monoisotopic (exact) mass is 321 g/mol. The number of aliphatic carboxylic acids is 1. The summed E-state index contributed by atoms with van der Waals surface area (Å²) in [5.74, 6) is -1.93. The Labute approximate surface area is 131 Å². The van der Waals surface area contributed by atoms with E-state index in [4.69, 9.17) is 0 Å². The van der Waals surface area contributed by atoms with Crippen LogP contribution in [0.3, 0.4) is 0 Å². The second-order valence-corrected chi connectivity index (χ2v) is 6.04. The molecule has 0 saturated heterocycles. The fourth-order valence-electron chi connectivity index (χ4n) is 2.34. The van der Waals surface area contributed by atoms with Crippen molar-refractivity contribution in [2.24, 2.45) is 0 Å². The van der Waals surface area contributed by atoms with Gasteiger partial charge >= 0.3 is 5.97 Å². The van der Waals surface area contributed by atoms with E-state index in [1.54, 1.807) is 12.1 Å². The maximum atomic E-state index is 12.3. The molecule has 0 spiro atoms. The molecule has 1 unspecified atom stereocenters. The predicted molar refractivity (Wildman–Crippen MR) is 80.7 cm³/mol. The van der Waals surface area contributed by atoms with Gasteiger partial charge in [-0.2, -0.15) is 0 Å². The summed E-state index contributed by atoms with van der Waals surface area (Å²) in [4.78, 5) is 48.3. The van der Waals surface area contributed by atoms with Crippen molar-refractivity contribution in [3.8, 4) is 0 Å². The van der Waals surface area contributed by atoms with E-state index in [-0.39, 0.29) is 29.1 Å². The number of carboxylic acid groups (broad SMARTS) is 1. The molecule has 1 heterocycles. The molecule has 0 aromatic heterocycles. The minimum Gasteiger partial charge on any atom is -0.480 e. The molecule has 2 amide bonds. The van der Waals surface area contributed by atoms with Gasteiger partial charge in [0, 0.05) is 6.42 Å². The zero-order chi connectivity index (χ0) is 16.3. The van der Waals surface area contributed by atoms with Crippen molar-refractivity contribution < 1.29 is 24.3 Å². The zero-order valence-corrected chi connectivity index (χ0v) is 12.8. The highest BCUT2D eigenvalue weighted by molar-refractivity contribution is 8.13. The van der Waals surface area contributed by atoms with Gasteiger partial charge in [-0.3, -0.25) is 19.3 Å². The lowest BCUT2D eigenvalue weighted by Crippen LogP contribution is -2.45. The summed E-state index contributed by atoms with van der Waals surface area (Å²) in [6, 6.07) is 4.89. The van der Waals surface area contributed by atoms with E-state index in [2.05, 4.69) is 0 Å². The molecule has 0 bridgehead atoms. The number of carbonyl (C=O) groups excluding carboxylic acids is 3. The zero-order valence-electron chi connectivity index (χ0n) is 11.9. The maximum Gasteiger partial charge on any atom is 0.326 e. The van der Waals surface area contributed by atoms with Crippen molar-refractivity contribution in [2.45, 2.75) is 25.8 Å². The summed E-state index contributed by atoms with van der Waals surface area (Å²) < 4.78 is 0. The number of fused-ring (bicyclic) bond motifs is 1. The Morgan fingerprint density at radius 2 is 1.73 bits per heavy atom. The molecule has 1 aliphatic heterocycles. The summed E-state index contributed by atoms with van der Waals surface area (Å²) in [5.41, 5.74) is 0.404. The van der Waals surface area contributed by atoms with Gasteiger partial charge in [0.25, 0.3) is 11.8 Å². The van der Waals surface area contributed by atoms with Gasteiger partial charge in [0.2, 0.25) is 0 Å². The first-order valence-electron chi connectivity index (χ1n) is 6.82. The van der Waals surface area contributed by atoms with Gasteiger partial charge in [-0.05, 0) is 24.3 Å². The quantitative estimate of drug-likeness (QED) is 0.803. The Bertz CT molecular complexity index is 608. The van der Waals surface area contributed by atoms with Gasteiger partial charge in [0.15, 0.2) is 5.12 Å².